The molecule has 2 aliphatic rings. The number of benzene rings is 1. The predicted octanol–water partition coefficient (Wildman–Crippen LogP) is 2.24. The van der Waals surface area contributed by atoms with Gasteiger partial charge in [-0.05, 0) is 61.1 Å². The van der Waals surface area contributed by atoms with E-state index in [4.69, 9.17) is 4.74 Å². The summed E-state index contributed by atoms with van der Waals surface area (Å²) in [6, 6.07) is 2.38. The van der Waals surface area contributed by atoms with E-state index >= 15 is 0 Å². The molecule has 3 rings (SSSR count). The lowest BCUT2D eigenvalue weighted by Gasteiger charge is -2.38. The number of likely N-dealkylation sites (N-methyl/N-ethyl adjacent to an activating group) is 2. The zero-order valence-electron chi connectivity index (χ0n) is 30.2. The van der Waals surface area contributed by atoms with Crippen LogP contribution >= 0.6 is 0 Å². The van der Waals surface area contributed by atoms with Crippen LogP contribution in [0.1, 0.15) is 79.2 Å². The van der Waals surface area contributed by atoms with E-state index in [1.54, 1.807) is 12.1 Å². The highest BCUT2D eigenvalue weighted by molar-refractivity contribution is 5.96. The average Bonchev–Trinajstić information content (AvgIpc) is 3.52. The molecule has 0 saturated carbocycles. The molecule has 49 heavy (non-hydrogen) atoms. The third-order valence-corrected chi connectivity index (χ3v) is 9.15. The molecule has 272 valence electrons. The molecule has 2 unspecified atom stereocenters. The number of nitrogens with zero attached hydrogens (tertiary/aromatic N) is 3. The van der Waals surface area contributed by atoms with E-state index < -0.39 is 65.8 Å². The zero-order valence-corrected chi connectivity index (χ0v) is 30.2. The first-order chi connectivity index (χ1) is 23.0. The van der Waals surface area contributed by atoms with Gasteiger partial charge in [0.05, 0.1) is 6.42 Å². The van der Waals surface area contributed by atoms with Gasteiger partial charge in [0.25, 0.3) is 5.91 Å². The second kappa shape index (κ2) is 17.5. The molecule has 13 heteroatoms. The summed E-state index contributed by atoms with van der Waals surface area (Å²) in [6.07, 6.45) is 0.227. The van der Waals surface area contributed by atoms with Crippen molar-refractivity contribution in [2.75, 3.05) is 27.2 Å². The Labute approximate surface area is 290 Å². The van der Waals surface area contributed by atoms with E-state index in [-0.39, 0.29) is 55.9 Å². The van der Waals surface area contributed by atoms with Crippen LogP contribution in [0.3, 0.4) is 0 Å². The lowest BCUT2D eigenvalue weighted by atomic mass is 9.96. The molecular weight excluding hydrogens is 630 g/mol. The molecule has 0 bridgehead atoms. The number of hydrogen-bond acceptors (Lipinski definition) is 8. The summed E-state index contributed by atoms with van der Waals surface area (Å²) in [7, 11) is 3.05. The maximum absolute atomic E-state index is 14.3. The van der Waals surface area contributed by atoms with E-state index in [1.165, 1.54) is 40.9 Å². The molecular formula is C36H55N5O8. The molecule has 2 heterocycles. The van der Waals surface area contributed by atoms with Gasteiger partial charge in [-0.25, -0.2) is 0 Å². The molecule has 3 N–H and O–H groups in total. The largest absolute Gasteiger partial charge is 0.508 e. The van der Waals surface area contributed by atoms with Crippen molar-refractivity contribution in [3.63, 3.8) is 0 Å². The molecule has 2 aliphatic heterocycles. The van der Waals surface area contributed by atoms with E-state index in [9.17, 15) is 33.9 Å². The van der Waals surface area contributed by atoms with E-state index in [0.717, 1.165) is 0 Å². The van der Waals surface area contributed by atoms with Gasteiger partial charge in [-0.3, -0.25) is 28.8 Å². The van der Waals surface area contributed by atoms with Gasteiger partial charge in [0.15, 0.2) is 6.10 Å². The van der Waals surface area contributed by atoms with E-state index in [2.05, 4.69) is 10.6 Å². The van der Waals surface area contributed by atoms with Crippen molar-refractivity contribution in [2.24, 2.45) is 17.8 Å². The van der Waals surface area contributed by atoms with Crippen LogP contribution in [0.2, 0.25) is 0 Å². The number of carbonyl (C=O) groups is 6. The number of aromatic hydroxyl groups is 1. The predicted molar refractivity (Wildman–Crippen MR) is 183 cm³/mol. The maximum Gasteiger partial charge on any atom is 0.308 e. The standard InChI is InChI=1S/C36H55N5O8/c1-21(2)18-28-32(44)37-16-15-30(43)49-29(19-22(3)4)35(47)41-17-9-10-27(41)33(45)38-26(20-24-11-13-25(42)14-12-24)34(46)40(8)31(23(5)6)36(48)39(28)7/h11-14,21-23,26-29,31,42H,9-10,15-20H2,1-8H3,(H,37,44)(H,38,45)/t26-,27-,28?,29?,31-/m0/s1. The number of phenolic OH excluding ortho intramolecular Hbond substituents is 1. The Morgan fingerprint density at radius 3 is 2.06 bits per heavy atom. The van der Waals surface area contributed by atoms with Gasteiger partial charge >= 0.3 is 5.97 Å². The Balaban J connectivity index is 2.09. The van der Waals surface area contributed by atoms with Crippen LogP contribution < -0.4 is 10.6 Å². The number of phenols is 1. The fourth-order valence-corrected chi connectivity index (χ4v) is 6.61. The van der Waals surface area contributed by atoms with E-state index in [1.807, 2.05) is 41.5 Å². The maximum atomic E-state index is 14.3. The molecule has 1 aromatic rings. The first-order valence-corrected chi connectivity index (χ1v) is 17.4. The highest BCUT2D eigenvalue weighted by Crippen LogP contribution is 2.24. The Kier molecular flexibility index (Phi) is 14.0. The quantitative estimate of drug-likeness (QED) is 0.368. The smallest absolute Gasteiger partial charge is 0.308 e. The van der Waals surface area contributed by atoms with Gasteiger partial charge in [-0.15, -0.1) is 0 Å². The molecule has 0 aromatic heterocycles. The van der Waals surface area contributed by atoms with Gasteiger partial charge in [0, 0.05) is 33.6 Å². The van der Waals surface area contributed by atoms with Crippen LogP contribution in [0, 0.1) is 17.8 Å². The van der Waals surface area contributed by atoms with Gasteiger partial charge in [-0.2, -0.15) is 0 Å². The van der Waals surface area contributed by atoms with Crippen molar-refractivity contribution in [3.05, 3.63) is 29.8 Å². The summed E-state index contributed by atoms with van der Waals surface area (Å²) >= 11 is 0. The minimum Gasteiger partial charge on any atom is -0.508 e. The second-order valence-corrected chi connectivity index (χ2v) is 14.5. The monoisotopic (exact) mass is 685 g/mol. The summed E-state index contributed by atoms with van der Waals surface area (Å²) in [6.45, 7) is 11.5. The Morgan fingerprint density at radius 2 is 1.47 bits per heavy atom. The normalized spacial score (nSPS) is 25.6. The minimum atomic E-state index is -1.12. The fourth-order valence-electron chi connectivity index (χ4n) is 6.61. The van der Waals surface area contributed by atoms with Crippen molar-refractivity contribution >= 4 is 35.5 Å². The number of fused-ring (bicyclic) bond motifs is 1. The van der Waals surface area contributed by atoms with Crippen LogP contribution in [0.5, 0.6) is 5.75 Å². The lowest BCUT2D eigenvalue weighted by Crippen LogP contribution is -2.60. The lowest BCUT2D eigenvalue weighted by molar-refractivity contribution is -0.162. The first kappa shape index (κ1) is 39.3. The van der Waals surface area contributed by atoms with E-state index in [0.29, 0.717) is 24.8 Å². The molecule has 1 aromatic carbocycles. The van der Waals surface area contributed by atoms with Crippen LogP contribution in [-0.4, -0.2) is 113 Å². The number of rotatable bonds is 7. The highest BCUT2D eigenvalue weighted by atomic mass is 16.5. The van der Waals surface area contributed by atoms with Gasteiger partial charge in [-0.1, -0.05) is 53.7 Å². The molecule has 13 nitrogen and oxygen atoms in total. The summed E-state index contributed by atoms with van der Waals surface area (Å²) < 4.78 is 5.67. The zero-order chi connectivity index (χ0) is 36.6. The van der Waals surface area contributed by atoms with Gasteiger partial charge < -0.3 is 35.2 Å². The molecule has 0 radical (unpaired) electrons. The SMILES string of the molecule is CC(C)CC1OC(=O)CCNC(=O)C(CC(C)C)N(C)C(=O)[C@H](C(C)C)N(C)C(=O)[C@H](Cc2ccc(O)cc2)NC(=O)[C@@H]2CCCN2C1=O. The number of carbonyl (C=O) groups excluding carboxylic acids is 6. The molecule has 0 spiro atoms. The van der Waals surface area contributed by atoms with Crippen LogP contribution in [0.4, 0.5) is 0 Å². The number of esters is 1. The van der Waals surface area contributed by atoms with Gasteiger partial charge in [0.2, 0.25) is 23.6 Å². The molecule has 5 atom stereocenters. The number of nitrogens with one attached hydrogen (secondary N) is 2. The summed E-state index contributed by atoms with van der Waals surface area (Å²) in [4.78, 5) is 86.9. The van der Waals surface area contributed by atoms with Crippen LogP contribution in [0.25, 0.3) is 0 Å². The highest BCUT2D eigenvalue weighted by Gasteiger charge is 2.42. The van der Waals surface area contributed by atoms with Crippen molar-refractivity contribution in [2.45, 2.75) is 110 Å². The number of cyclic esters (lactones) is 1. The topological polar surface area (TPSA) is 166 Å². The Morgan fingerprint density at radius 1 is 0.837 bits per heavy atom. The van der Waals surface area contributed by atoms with Crippen LogP contribution in [0.15, 0.2) is 24.3 Å². The second-order valence-electron chi connectivity index (χ2n) is 14.5. The van der Waals surface area contributed by atoms with Gasteiger partial charge in [0.1, 0.15) is 29.9 Å². The minimum absolute atomic E-state index is 0.000409. The summed E-state index contributed by atoms with van der Waals surface area (Å²) in [5.74, 6) is -3.36. The third kappa shape index (κ3) is 10.4. The Bertz CT molecular complexity index is 1350. The van der Waals surface area contributed by atoms with Crippen molar-refractivity contribution < 1.29 is 38.6 Å². The van der Waals surface area contributed by atoms with Crippen molar-refractivity contribution in [1.82, 2.24) is 25.3 Å². The molecule has 0 aliphatic carbocycles. The first-order valence-electron chi connectivity index (χ1n) is 17.4. The summed E-state index contributed by atoms with van der Waals surface area (Å²) in [5.41, 5.74) is 0.657. The number of ether oxygens (including phenoxy) is 1. The van der Waals surface area contributed by atoms with Crippen molar-refractivity contribution in [1.29, 1.82) is 0 Å². The molecule has 2 saturated heterocycles. The number of amides is 5. The fraction of sp³-hybridized carbons (Fsp3) is 0.667. The average molecular weight is 686 g/mol. The number of hydrogen-bond donors (Lipinski definition) is 3. The van der Waals surface area contributed by atoms with Crippen molar-refractivity contribution in [3.8, 4) is 5.75 Å². The molecule has 2 fully saturated rings. The van der Waals surface area contributed by atoms with Crippen LogP contribution in [-0.2, 0) is 39.9 Å². The summed E-state index contributed by atoms with van der Waals surface area (Å²) in [5, 5.41) is 15.5. The molecule has 5 amide bonds. The third-order valence-electron chi connectivity index (χ3n) is 9.15. The Hall–Kier alpha value is -4.16.